The summed E-state index contributed by atoms with van der Waals surface area (Å²) in [4.78, 5) is 18.7. The van der Waals surface area contributed by atoms with Crippen LogP contribution < -0.4 is 4.90 Å². The number of aromatic nitrogens is 1. The molecule has 5 heteroatoms. The van der Waals surface area contributed by atoms with E-state index in [9.17, 15) is 4.79 Å². The van der Waals surface area contributed by atoms with E-state index in [1.165, 1.54) is 0 Å². The van der Waals surface area contributed by atoms with Crippen molar-refractivity contribution in [1.29, 1.82) is 0 Å². The van der Waals surface area contributed by atoms with Gasteiger partial charge in [-0.05, 0) is 25.8 Å². The smallest absolute Gasteiger partial charge is 0.334 e. The number of likely N-dealkylation sites (N-methyl/N-ethyl adjacent to an activating group) is 1. The summed E-state index contributed by atoms with van der Waals surface area (Å²) in [7, 11) is 1.97. The predicted octanol–water partition coefficient (Wildman–Crippen LogP) is 4.41. The quantitative estimate of drug-likeness (QED) is 0.756. The fourth-order valence-electron chi connectivity index (χ4n) is 2.57. The maximum Gasteiger partial charge on any atom is 0.334 e. The van der Waals surface area contributed by atoms with Crippen LogP contribution in [0.15, 0.2) is 59.1 Å². The Morgan fingerprint density at radius 2 is 2.12 bits per heavy atom. The molecule has 0 saturated heterocycles. The average molecular weight is 340 g/mol. The van der Waals surface area contributed by atoms with Crippen LogP contribution in [0.25, 0.3) is 10.6 Å². The van der Waals surface area contributed by atoms with Crippen molar-refractivity contribution in [3.63, 3.8) is 0 Å². The molecule has 24 heavy (non-hydrogen) atoms. The molecule has 3 rings (SSSR count). The van der Waals surface area contributed by atoms with Crippen molar-refractivity contribution in [2.24, 2.45) is 0 Å². The monoisotopic (exact) mass is 340 g/mol. The van der Waals surface area contributed by atoms with Gasteiger partial charge in [0.05, 0.1) is 6.61 Å². The van der Waals surface area contributed by atoms with Crippen molar-refractivity contribution in [3.05, 3.63) is 59.1 Å². The lowest BCUT2D eigenvalue weighted by molar-refractivity contribution is -0.138. The number of allylic oxidation sites excluding steroid dienone is 2. The lowest BCUT2D eigenvalue weighted by Gasteiger charge is -2.21. The second-order valence-corrected chi connectivity index (χ2v) is 6.35. The van der Waals surface area contributed by atoms with E-state index in [-0.39, 0.29) is 5.97 Å². The third kappa shape index (κ3) is 3.57. The van der Waals surface area contributed by atoms with Crippen molar-refractivity contribution >= 4 is 23.1 Å². The van der Waals surface area contributed by atoms with Crippen LogP contribution in [0.5, 0.6) is 0 Å². The summed E-state index contributed by atoms with van der Waals surface area (Å²) < 4.78 is 5.11. The number of carbonyl (C=O) groups is 1. The highest BCUT2D eigenvalue weighted by Gasteiger charge is 2.18. The number of rotatable bonds is 5. The summed E-state index contributed by atoms with van der Waals surface area (Å²) in [5.41, 5.74) is 2.82. The van der Waals surface area contributed by atoms with Crippen molar-refractivity contribution in [2.75, 3.05) is 18.6 Å². The molecule has 1 aliphatic carbocycles. The highest BCUT2D eigenvalue weighted by molar-refractivity contribution is 7.13. The highest BCUT2D eigenvalue weighted by Crippen LogP contribution is 2.30. The first-order chi connectivity index (χ1) is 11.7. The molecule has 0 unspecified atom stereocenters. The number of nitrogens with zero attached hydrogens (tertiary/aromatic N) is 2. The second-order valence-electron chi connectivity index (χ2n) is 5.49. The molecule has 0 atom stereocenters. The van der Waals surface area contributed by atoms with Crippen LogP contribution in [-0.4, -0.2) is 24.6 Å². The number of benzene rings is 1. The molecule has 0 radical (unpaired) electrons. The summed E-state index contributed by atoms with van der Waals surface area (Å²) in [6, 6.07) is 10.1. The topological polar surface area (TPSA) is 42.4 Å². The predicted molar refractivity (Wildman–Crippen MR) is 98.0 cm³/mol. The molecule has 0 saturated carbocycles. The van der Waals surface area contributed by atoms with Crippen molar-refractivity contribution in [1.82, 2.24) is 4.98 Å². The molecular formula is C19H20N2O2S. The first-order valence-electron chi connectivity index (χ1n) is 8.01. The second kappa shape index (κ2) is 7.45. The molecule has 1 aliphatic rings. The van der Waals surface area contributed by atoms with Gasteiger partial charge in [0, 0.05) is 29.3 Å². The first kappa shape index (κ1) is 16.5. The number of anilines is 1. The van der Waals surface area contributed by atoms with Gasteiger partial charge in [-0.2, -0.15) is 0 Å². The van der Waals surface area contributed by atoms with E-state index < -0.39 is 0 Å². The molecule has 0 fully saturated rings. The van der Waals surface area contributed by atoms with Crippen molar-refractivity contribution < 1.29 is 9.53 Å². The molecule has 0 bridgehead atoms. The average Bonchev–Trinajstić information content (AvgIpc) is 3.12. The molecular weight excluding hydrogens is 320 g/mol. The number of carbonyl (C=O) groups excluding carboxylic acids is 1. The fraction of sp³-hybridized carbons (Fsp3) is 0.263. The van der Waals surface area contributed by atoms with Gasteiger partial charge in [-0.1, -0.05) is 36.4 Å². The number of esters is 1. The SMILES string of the molecule is CCOC(=O)C1=CC(N(C)c2csc(-c3ccccc3)n2)=CCC1. The zero-order valence-corrected chi connectivity index (χ0v) is 14.7. The number of ether oxygens (including phenoxy) is 1. The van der Waals surface area contributed by atoms with Crippen LogP contribution in [-0.2, 0) is 9.53 Å². The van der Waals surface area contributed by atoms with E-state index in [0.29, 0.717) is 6.61 Å². The van der Waals surface area contributed by atoms with Crippen LogP contribution in [0.2, 0.25) is 0 Å². The Hall–Kier alpha value is -2.40. The molecule has 2 aromatic rings. The van der Waals surface area contributed by atoms with Crippen LogP contribution in [0.4, 0.5) is 5.82 Å². The minimum absolute atomic E-state index is 0.222. The largest absolute Gasteiger partial charge is 0.463 e. The summed E-state index contributed by atoms with van der Waals surface area (Å²) >= 11 is 1.62. The standard InChI is InChI=1S/C19H20N2O2S/c1-3-23-19(22)15-10-7-11-16(12-15)21(2)17-13-24-18(20-17)14-8-5-4-6-9-14/h4-6,8-9,11-13H,3,7,10H2,1-2H3. The number of thiazole rings is 1. The Balaban J connectivity index is 1.79. The zero-order valence-electron chi connectivity index (χ0n) is 13.9. The van der Waals surface area contributed by atoms with Gasteiger partial charge in [0.15, 0.2) is 0 Å². The van der Waals surface area contributed by atoms with E-state index in [1.54, 1.807) is 11.3 Å². The molecule has 0 amide bonds. The van der Waals surface area contributed by atoms with E-state index in [2.05, 4.69) is 18.2 Å². The lowest BCUT2D eigenvalue weighted by atomic mass is 10.0. The Morgan fingerprint density at radius 1 is 1.33 bits per heavy atom. The van der Waals surface area contributed by atoms with Gasteiger partial charge in [0.25, 0.3) is 0 Å². The number of hydrogen-bond donors (Lipinski definition) is 0. The van der Waals surface area contributed by atoms with Crippen LogP contribution in [0.3, 0.4) is 0 Å². The van der Waals surface area contributed by atoms with Gasteiger partial charge < -0.3 is 9.64 Å². The Morgan fingerprint density at radius 3 is 2.88 bits per heavy atom. The fourth-order valence-corrected chi connectivity index (χ4v) is 3.41. The van der Waals surface area contributed by atoms with E-state index >= 15 is 0 Å². The van der Waals surface area contributed by atoms with E-state index in [4.69, 9.17) is 9.72 Å². The minimum Gasteiger partial charge on any atom is -0.463 e. The third-order valence-electron chi connectivity index (χ3n) is 3.87. The summed E-state index contributed by atoms with van der Waals surface area (Å²) in [5.74, 6) is 0.659. The van der Waals surface area contributed by atoms with Crippen molar-refractivity contribution in [3.8, 4) is 10.6 Å². The van der Waals surface area contributed by atoms with Gasteiger partial charge >= 0.3 is 5.97 Å². The zero-order chi connectivity index (χ0) is 16.9. The molecule has 0 spiro atoms. The van der Waals surface area contributed by atoms with Gasteiger partial charge in [0.1, 0.15) is 10.8 Å². The first-order valence-corrected chi connectivity index (χ1v) is 8.89. The van der Waals surface area contributed by atoms with Crippen LogP contribution in [0.1, 0.15) is 19.8 Å². The van der Waals surface area contributed by atoms with Gasteiger partial charge in [-0.25, -0.2) is 9.78 Å². The number of hydrogen-bond acceptors (Lipinski definition) is 5. The summed E-state index contributed by atoms with van der Waals surface area (Å²) in [6.07, 6.45) is 5.59. The molecule has 4 nitrogen and oxygen atoms in total. The van der Waals surface area contributed by atoms with Crippen LogP contribution in [0, 0.1) is 0 Å². The maximum absolute atomic E-state index is 11.9. The van der Waals surface area contributed by atoms with Gasteiger partial charge in [-0.15, -0.1) is 11.3 Å². The maximum atomic E-state index is 11.9. The molecule has 1 aromatic carbocycles. The molecule has 1 aromatic heterocycles. The Labute approximate surface area is 146 Å². The summed E-state index contributed by atoms with van der Waals surface area (Å²) in [5, 5.41) is 3.03. The van der Waals surface area contributed by atoms with E-state index in [0.717, 1.165) is 40.5 Å². The Kier molecular flexibility index (Phi) is 5.11. The van der Waals surface area contributed by atoms with Crippen LogP contribution >= 0.6 is 11.3 Å². The molecule has 0 aliphatic heterocycles. The normalized spacial score (nSPS) is 13.9. The van der Waals surface area contributed by atoms with Gasteiger partial charge in [0.2, 0.25) is 0 Å². The molecule has 124 valence electrons. The highest BCUT2D eigenvalue weighted by atomic mass is 32.1. The third-order valence-corrected chi connectivity index (χ3v) is 4.75. The van der Waals surface area contributed by atoms with E-state index in [1.807, 2.05) is 48.5 Å². The van der Waals surface area contributed by atoms with Crippen molar-refractivity contribution in [2.45, 2.75) is 19.8 Å². The summed E-state index contributed by atoms with van der Waals surface area (Å²) in [6.45, 7) is 2.22. The molecule has 1 heterocycles. The lowest BCUT2D eigenvalue weighted by Crippen LogP contribution is -2.19. The Bertz CT molecular complexity index is 778. The molecule has 0 N–H and O–H groups in total. The minimum atomic E-state index is -0.222. The van der Waals surface area contributed by atoms with Gasteiger partial charge in [-0.3, -0.25) is 0 Å².